The van der Waals surface area contributed by atoms with Crippen LogP contribution < -0.4 is 5.73 Å². The van der Waals surface area contributed by atoms with Gasteiger partial charge in [-0.2, -0.15) is 0 Å². The molecule has 3 N–H and O–H groups in total. The van der Waals surface area contributed by atoms with Gasteiger partial charge in [-0.3, -0.25) is 4.98 Å². The Balaban J connectivity index is 1.76. The zero-order valence-electron chi connectivity index (χ0n) is 11.3. The molecule has 2 heterocycles. The van der Waals surface area contributed by atoms with Crippen LogP contribution in [-0.4, -0.2) is 15.0 Å². The first-order valence-corrected chi connectivity index (χ1v) is 6.69. The van der Waals surface area contributed by atoms with Gasteiger partial charge in [0.25, 0.3) is 0 Å². The maximum absolute atomic E-state index is 12.9. The largest absolute Gasteiger partial charge is 0.339 e. The molecule has 2 aromatic heterocycles. The highest BCUT2D eigenvalue weighted by molar-refractivity contribution is 5.52. The van der Waals surface area contributed by atoms with Crippen LogP contribution in [0.1, 0.15) is 17.4 Å². The van der Waals surface area contributed by atoms with Crippen molar-refractivity contribution >= 4 is 0 Å². The van der Waals surface area contributed by atoms with Gasteiger partial charge in [-0.05, 0) is 24.1 Å². The summed E-state index contributed by atoms with van der Waals surface area (Å²) in [5, 5.41) is 0. The fourth-order valence-electron chi connectivity index (χ4n) is 2.16. The van der Waals surface area contributed by atoms with Crippen molar-refractivity contribution in [2.75, 3.05) is 0 Å². The molecular formula is C16H15FN4. The molecule has 3 aromatic rings. The highest BCUT2D eigenvalue weighted by atomic mass is 19.1. The Hall–Kier alpha value is -2.53. The molecule has 1 unspecified atom stereocenters. The van der Waals surface area contributed by atoms with Crippen molar-refractivity contribution < 1.29 is 4.39 Å². The van der Waals surface area contributed by atoms with Crippen LogP contribution in [0.2, 0.25) is 0 Å². The number of aromatic nitrogens is 3. The van der Waals surface area contributed by atoms with E-state index in [1.54, 1.807) is 12.3 Å². The summed E-state index contributed by atoms with van der Waals surface area (Å²) >= 11 is 0. The molecule has 5 heteroatoms. The number of pyridine rings is 1. The monoisotopic (exact) mass is 282 g/mol. The van der Waals surface area contributed by atoms with E-state index in [1.165, 1.54) is 12.3 Å². The highest BCUT2D eigenvalue weighted by Gasteiger charge is 2.12. The van der Waals surface area contributed by atoms with Gasteiger partial charge in [0.2, 0.25) is 0 Å². The molecule has 0 fully saturated rings. The standard InChI is InChI=1S/C16H15FN4/c17-12-6-7-14(19-9-12)15-10-20-16(21-15)13(18)8-11-4-2-1-3-5-11/h1-7,9-10,13H,8,18H2,(H,20,21). The predicted octanol–water partition coefficient (Wildman–Crippen LogP) is 2.85. The molecule has 21 heavy (non-hydrogen) atoms. The number of rotatable bonds is 4. The quantitative estimate of drug-likeness (QED) is 0.773. The summed E-state index contributed by atoms with van der Waals surface area (Å²) in [6.45, 7) is 0. The molecule has 0 aliphatic rings. The van der Waals surface area contributed by atoms with Gasteiger partial charge in [0.15, 0.2) is 0 Å². The first-order valence-electron chi connectivity index (χ1n) is 6.69. The topological polar surface area (TPSA) is 67.6 Å². The Morgan fingerprint density at radius 3 is 2.57 bits per heavy atom. The number of halogens is 1. The van der Waals surface area contributed by atoms with Crippen molar-refractivity contribution in [3.63, 3.8) is 0 Å². The van der Waals surface area contributed by atoms with E-state index >= 15 is 0 Å². The molecule has 0 spiro atoms. The van der Waals surface area contributed by atoms with Crippen molar-refractivity contribution in [2.24, 2.45) is 5.73 Å². The second-order valence-electron chi connectivity index (χ2n) is 4.84. The van der Waals surface area contributed by atoms with Gasteiger partial charge in [0, 0.05) is 0 Å². The third kappa shape index (κ3) is 3.14. The number of H-pyrrole nitrogens is 1. The lowest BCUT2D eigenvalue weighted by Gasteiger charge is -2.08. The van der Waals surface area contributed by atoms with Gasteiger partial charge in [-0.1, -0.05) is 30.3 Å². The Morgan fingerprint density at radius 1 is 1.05 bits per heavy atom. The van der Waals surface area contributed by atoms with Gasteiger partial charge in [0.05, 0.1) is 29.8 Å². The Bertz CT molecular complexity index is 707. The van der Waals surface area contributed by atoms with Crippen LogP contribution in [0.5, 0.6) is 0 Å². The van der Waals surface area contributed by atoms with E-state index in [0.717, 1.165) is 11.3 Å². The SMILES string of the molecule is NC(Cc1ccccc1)c1ncc(-c2ccc(F)cn2)[nH]1. The number of nitrogens with zero attached hydrogens (tertiary/aromatic N) is 2. The number of nitrogens with one attached hydrogen (secondary N) is 1. The molecule has 0 bridgehead atoms. The lowest BCUT2D eigenvalue weighted by Crippen LogP contribution is -2.14. The number of aromatic amines is 1. The average molecular weight is 282 g/mol. The van der Waals surface area contributed by atoms with Gasteiger partial charge < -0.3 is 10.7 Å². The summed E-state index contributed by atoms with van der Waals surface area (Å²) in [5.74, 6) is 0.333. The average Bonchev–Trinajstić information content (AvgIpc) is 2.99. The highest BCUT2D eigenvalue weighted by Crippen LogP contribution is 2.18. The van der Waals surface area contributed by atoms with Crippen molar-refractivity contribution in [1.29, 1.82) is 0 Å². The molecule has 0 aliphatic heterocycles. The van der Waals surface area contributed by atoms with Crippen LogP contribution in [0.25, 0.3) is 11.4 Å². The molecule has 1 atom stereocenters. The Kier molecular flexibility index (Phi) is 3.75. The summed E-state index contributed by atoms with van der Waals surface area (Å²) in [7, 11) is 0. The minimum atomic E-state index is -0.362. The van der Waals surface area contributed by atoms with Crippen molar-refractivity contribution in [3.8, 4) is 11.4 Å². The molecule has 4 nitrogen and oxygen atoms in total. The number of hydrogen-bond acceptors (Lipinski definition) is 3. The first kappa shape index (κ1) is 13.5. The van der Waals surface area contributed by atoms with E-state index in [2.05, 4.69) is 15.0 Å². The minimum absolute atomic E-state index is 0.221. The molecule has 1 aromatic carbocycles. The summed E-state index contributed by atoms with van der Waals surface area (Å²) in [6, 6.07) is 12.8. The summed E-state index contributed by atoms with van der Waals surface area (Å²) < 4.78 is 12.9. The van der Waals surface area contributed by atoms with Crippen LogP contribution in [0, 0.1) is 5.82 Å². The predicted molar refractivity (Wildman–Crippen MR) is 78.9 cm³/mol. The Morgan fingerprint density at radius 2 is 1.86 bits per heavy atom. The first-order chi connectivity index (χ1) is 10.2. The van der Waals surface area contributed by atoms with Gasteiger partial charge in [0.1, 0.15) is 11.6 Å². The van der Waals surface area contributed by atoms with Crippen LogP contribution in [0.15, 0.2) is 54.9 Å². The number of hydrogen-bond donors (Lipinski definition) is 2. The fraction of sp³-hybridized carbons (Fsp3) is 0.125. The summed E-state index contributed by atoms with van der Waals surface area (Å²) in [4.78, 5) is 11.5. The van der Waals surface area contributed by atoms with Gasteiger partial charge >= 0.3 is 0 Å². The smallest absolute Gasteiger partial charge is 0.141 e. The summed E-state index contributed by atoms with van der Waals surface area (Å²) in [6.07, 6.45) is 3.55. The van der Waals surface area contributed by atoms with E-state index in [-0.39, 0.29) is 11.9 Å². The molecule has 0 aliphatic carbocycles. The lowest BCUT2D eigenvalue weighted by molar-refractivity contribution is 0.622. The number of imidazole rings is 1. The van der Waals surface area contributed by atoms with Gasteiger partial charge in [-0.15, -0.1) is 0 Å². The molecular weight excluding hydrogens is 267 g/mol. The van der Waals surface area contributed by atoms with E-state index in [1.807, 2.05) is 30.3 Å². The van der Waals surface area contributed by atoms with E-state index in [4.69, 9.17) is 5.73 Å². The maximum Gasteiger partial charge on any atom is 0.141 e. The second-order valence-corrected chi connectivity index (χ2v) is 4.84. The minimum Gasteiger partial charge on any atom is -0.339 e. The Labute approximate surface area is 121 Å². The van der Waals surface area contributed by atoms with Crippen molar-refractivity contribution in [3.05, 3.63) is 72.1 Å². The summed E-state index contributed by atoms with van der Waals surface area (Å²) in [5.41, 5.74) is 8.69. The zero-order chi connectivity index (χ0) is 14.7. The molecule has 0 amide bonds. The van der Waals surface area contributed by atoms with E-state index in [0.29, 0.717) is 17.9 Å². The van der Waals surface area contributed by atoms with Crippen molar-refractivity contribution in [2.45, 2.75) is 12.5 Å². The third-order valence-electron chi connectivity index (χ3n) is 3.25. The van der Waals surface area contributed by atoms with Crippen LogP contribution >= 0.6 is 0 Å². The van der Waals surface area contributed by atoms with E-state index in [9.17, 15) is 4.39 Å². The second kappa shape index (κ2) is 5.85. The van der Waals surface area contributed by atoms with Crippen molar-refractivity contribution in [1.82, 2.24) is 15.0 Å². The normalized spacial score (nSPS) is 12.3. The van der Waals surface area contributed by atoms with E-state index < -0.39 is 0 Å². The molecule has 0 radical (unpaired) electrons. The molecule has 106 valence electrons. The van der Waals surface area contributed by atoms with Crippen LogP contribution in [0.3, 0.4) is 0 Å². The third-order valence-corrected chi connectivity index (χ3v) is 3.25. The molecule has 0 saturated carbocycles. The lowest BCUT2D eigenvalue weighted by atomic mass is 10.1. The maximum atomic E-state index is 12.9. The molecule has 3 rings (SSSR count). The van der Waals surface area contributed by atoms with Crippen LogP contribution in [-0.2, 0) is 6.42 Å². The van der Waals surface area contributed by atoms with Gasteiger partial charge in [-0.25, -0.2) is 9.37 Å². The van der Waals surface area contributed by atoms with Crippen LogP contribution in [0.4, 0.5) is 4.39 Å². The zero-order valence-corrected chi connectivity index (χ0v) is 11.3. The fourth-order valence-corrected chi connectivity index (χ4v) is 2.16. The number of benzene rings is 1. The number of nitrogens with two attached hydrogens (primary N) is 1. The molecule has 0 saturated heterocycles.